The van der Waals surface area contributed by atoms with Crippen LogP contribution in [0.1, 0.15) is 11.7 Å². The van der Waals surface area contributed by atoms with Crippen molar-refractivity contribution in [3.05, 3.63) is 57.7 Å². The number of pyridine rings is 1. The first-order valence-corrected chi connectivity index (χ1v) is 8.15. The highest BCUT2D eigenvalue weighted by atomic mass is 35.5. The van der Waals surface area contributed by atoms with Gasteiger partial charge in [0.05, 0.1) is 16.1 Å². The number of hydrogen-bond donors (Lipinski definition) is 1. The van der Waals surface area contributed by atoms with Crippen LogP contribution in [0.4, 0.5) is 8.78 Å². The predicted molar refractivity (Wildman–Crippen MR) is 85.0 cm³/mol. The lowest BCUT2D eigenvalue weighted by atomic mass is 10.1. The van der Waals surface area contributed by atoms with E-state index in [2.05, 4.69) is 10.2 Å². The molecule has 0 saturated heterocycles. The molecule has 2 heterocycles. The molecule has 0 aliphatic rings. The van der Waals surface area contributed by atoms with Crippen LogP contribution in [0.3, 0.4) is 0 Å². The second-order valence-corrected chi connectivity index (χ2v) is 6.51. The molecule has 0 aliphatic carbocycles. The van der Waals surface area contributed by atoms with Gasteiger partial charge < -0.3 is 5.11 Å². The molecular weight excluding hydrogens is 367 g/mol. The summed E-state index contributed by atoms with van der Waals surface area (Å²) in [4.78, 5) is 0. The number of thioether (sulfide) groups is 1. The molecule has 3 rings (SSSR count). The summed E-state index contributed by atoms with van der Waals surface area (Å²) in [7, 11) is 0. The molecule has 0 saturated carbocycles. The van der Waals surface area contributed by atoms with Crippen molar-refractivity contribution < 1.29 is 13.9 Å². The summed E-state index contributed by atoms with van der Waals surface area (Å²) in [5, 5.41) is 19.1. The second kappa shape index (κ2) is 6.60. The number of aromatic nitrogens is 3. The van der Waals surface area contributed by atoms with Gasteiger partial charge in [0, 0.05) is 17.5 Å². The molecule has 1 atom stereocenters. The van der Waals surface area contributed by atoms with E-state index >= 15 is 0 Å². The van der Waals surface area contributed by atoms with Gasteiger partial charge in [-0.3, -0.25) is 4.40 Å². The third-order valence-corrected chi connectivity index (χ3v) is 4.59. The van der Waals surface area contributed by atoms with E-state index in [0.717, 1.165) is 30.0 Å². The summed E-state index contributed by atoms with van der Waals surface area (Å²) in [5.41, 5.74) is 0.312. The fraction of sp³-hybridized carbons (Fsp3) is 0.143. The molecule has 9 heteroatoms. The van der Waals surface area contributed by atoms with Crippen molar-refractivity contribution in [2.45, 2.75) is 11.3 Å². The van der Waals surface area contributed by atoms with Crippen molar-refractivity contribution in [3.8, 4) is 0 Å². The fourth-order valence-electron chi connectivity index (χ4n) is 2.01. The van der Waals surface area contributed by atoms with Crippen LogP contribution in [0, 0.1) is 11.6 Å². The lowest BCUT2D eigenvalue weighted by Crippen LogP contribution is -2.05. The van der Waals surface area contributed by atoms with Crippen molar-refractivity contribution in [2.75, 3.05) is 5.75 Å². The molecule has 3 aromatic rings. The Kier molecular flexibility index (Phi) is 4.72. The van der Waals surface area contributed by atoms with Crippen molar-refractivity contribution >= 4 is 40.6 Å². The highest BCUT2D eigenvalue weighted by Crippen LogP contribution is 2.28. The number of nitrogens with zero attached hydrogens (tertiary/aromatic N) is 3. The number of halogens is 4. The first-order chi connectivity index (χ1) is 11.0. The second-order valence-electron chi connectivity index (χ2n) is 4.68. The van der Waals surface area contributed by atoms with Gasteiger partial charge in [-0.25, -0.2) is 8.78 Å². The maximum absolute atomic E-state index is 13.6. The van der Waals surface area contributed by atoms with Gasteiger partial charge >= 0.3 is 0 Å². The van der Waals surface area contributed by atoms with E-state index in [1.54, 1.807) is 16.7 Å². The molecule has 4 nitrogen and oxygen atoms in total. The van der Waals surface area contributed by atoms with Crippen LogP contribution in [0.2, 0.25) is 10.0 Å². The molecule has 0 fully saturated rings. The topological polar surface area (TPSA) is 50.4 Å². The molecule has 0 spiro atoms. The van der Waals surface area contributed by atoms with Crippen LogP contribution in [-0.2, 0) is 0 Å². The maximum Gasteiger partial charge on any atom is 0.195 e. The van der Waals surface area contributed by atoms with Crippen LogP contribution in [-0.4, -0.2) is 25.5 Å². The standard InChI is InChI=1S/C14H9Cl2F2N3OS/c15-7-3-10(16)13-19-20-14(21(13)5-7)23-6-12(22)9-4-8(17)1-2-11(9)18/h1-5,12,22H,6H2/t12-/m1/s1. The zero-order valence-corrected chi connectivity index (χ0v) is 13.7. The highest BCUT2D eigenvalue weighted by Gasteiger charge is 2.17. The smallest absolute Gasteiger partial charge is 0.195 e. The van der Waals surface area contributed by atoms with E-state index < -0.39 is 17.7 Å². The molecule has 0 bridgehead atoms. The summed E-state index contributed by atoms with van der Waals surface area (Å²) < 4.78 is 28.4. The van der Waals surface area contributed by atoms with Crippen LogP contribution >= 0.6 is 35.0 Å². The Balaban J connectivity index is 1.82. The molecule has 23 heavy (non-hydrogen) atoms. The first-order valence-electron chi connectivity index (χ1n) is 6.41. The lowest BCUT2D eigenvalue weighted by molar-refractivity contribution is 0.198. The Morgan fingerprint density at radius 2 is 2.00 bits per heavy atom. The normalized spacial score (nSPS) is 12.7. The first kappa shape index (κ1) is 16.4. The van der Waals surface area contributed by atoms with Gasteiger partial charge in [0.1, 0.15) is 11.6 Å². The zero-order chi connectivity index (χ0) is 16.6. The van der Waals surface area contributed by atoms with Crippen molar-refractivity contribution in [2.24, 2.45) is 0 Å². The quantitative estimate of drug-likeness (QED) is 0.696. The fourth-order valence-corrected chi connectivity index (χ4v) is 3.39. The van der Waals surface area contributed by atoms with E-state index in [4.69, 9.17) is 23.2 Å². The molecule has 120 valence electrons. The van der Waals surface area contributed by atoms with E-state index in [0.29, 0.717) is 20.8 Å². The third kappa shape index (κ3) is 3.42. The van der Waals surface area contributed by atoms with Crippen LogP contribution < -0.4 is 0 Å². The van der Waals surface area contributed by atoms with Gasteiger partial charge in [0.25, 0.3) is 0 Å². The van der Waals surface area contributed by atoms with E-state index in [9.17, 15) is 13.9 Å². The number of fused-ring (bicyclic) bond motifs is 1. The molecule has 2 aromatic heterocycles. The number of rotatable bonds is 4. The Labute approximate surface area is 144 Å². The Morgan fingerprint density at radius 1 is 1.22 bits per heavy atom. The van der Waals surface area contributed by atoms with Crippen molar-refractivity contribution in [1.29, 1.82) is 0 Å². The third-order valence-electron chi connectivity index (χ3n) is 3.08. The molecule has 0 unspecified atom stereocenters. The van der Waals surface area contributed by atoms with Gasteiger partial charge in [0.2, 0.25) is 0 Å². The number of hydrogen-bond acceptors (Lipinski definition) is 4. The average Bonchev–Trinajstić information content (AvgIpc) is 2.90. The minimum atomic E-state index is -1.20. The molecule has 0 radical (unpaired) electrons. The van der Waals surface area contributed by atoms with Crippen molar-refractivity contribution in [1.82, 2.24) is 14.6 Å². The molecule has 1 N–H and O–H groups in total. The minimum absolute atomic E-state index is 0.0608. The summed E-state index contributed by atoms with van der Waals surface area (Å²) >= 11 is 13.1. The van der Waals surface area contributed by atoms with Gasteiger partial charge in [-0.05, 0) is 24.3 Å². The van der Waals surface area contributed by atoms with Crippen LogP contribution in [0.25, 0.3) is 5.65 Å². The van der Waals surface area contributed by atoms with E-state index in [1.165, 1.54) is 0 Å². The van der Waals surface area contributed by atoms with Crippen molar-refractivity contribution in [3.63, 3.8) is 0 Å². The number of aliphatic hydroxyl groups is 1. The van der Waals surface area contributed by atoms with Gasteiger partial charge in [-0.15, -0.1) is 10.2 Å². The monoisotopic (exact) mass is 375 g/mol. The van der Waals surface area contributed by atoms with Gasteiger partial charge in [0.15, 0.2) is 10.8 Å². The summed E-state index contributed by atoms with van der Waals surface area (Å²) in [6, 6.07) is 4.48. The van der Waals surface area contributed by atoms with Crippen LogP contribution in [0.15, 0.2) is 35.6 Å². The van der Waals surface area contributed by atoms with E-state index in [-0.39, 0.29) is 11.3 Å². The summed E-state index contributed by atoms with van der Waals surface area (Å²) in [6.07, 6.45) is 0.387. The molecule has 0 amide bonds. The molecule has 0 aliphatic heterocycles. The summed E-state index contributed by atoms with van der Waals surface area (Å²) in [5.74, 6) is -1.22. The highest BCUT2D eigenvalue weighted by molar-refractivity contribution is 7.99. The van der Waals surface area contributed by atoms with Crippen LogP contribution in [0.5, 0.6) is 0 Å². The SMILES string of the molecule is O[C@H](CSc1nnc2c(Cl)cc(Cl)cn12)c1cc(F)ccc1F. The zero-order valence-electron chi connectivity index (χ0n) is 11.4. The van der Waals surface area contributed by atoms with Gasteiger partial charge in [-0.2, -0.15) is 0 Å². The Bertz CT molecular complexity index is 875. The molecule has 1 aromatic carbocycles. The lowest BCUT2D eigenvalue weighted by Gasteiger charge is -2.11. The van der Waals surface area contributed by atoms with E-state index in [1.807, 2.05) is 0 Å². The predicted octanol–water partition coefficient (Wildman–Crippen LogP) is 4.14. The molecular formula is C14H9Cl2F2N3OS. The van der Waals surface area contributed by atoms with Gasteiger partial charge in [-0.1, -0.05) is 35.0 Å². The average molecular weight is 376 g/mol. The Hall–Kier alpha value is -1.41. The Morgan fingerprint density at radius 3 is 2.78 bits per heavy atom. The largest absolute Gasteiger partial charge is 0.387 e. The minimum Gasteiger partial charge on any atom is -0.387 e. The summed E-state index contributed by atoms with van der Waals surface area (Å²) in [6.45, 7) is 0. The number of aliphatic hydroxyl groups excluding tert-OH is 1. The maximum atomic E-state index is 13.6. The number of benzene rings is 1.